The van der Waals surface area contributed by atoms with Crippen molar-refractivity contribution in [3.8, 4) is 5.75 Å². The lowest BCUT2D eigenvalue weighted by molar-refractivity contribution is -0.133. The Balaban J connectivity index is 1.48. The quantitative estimate of drug-likeness (QED) is 0.766. The van der Waals surface area contributed by atoms with Gasteiger partial charge in [0, 0.05) is 39.3 Å². The number of likely N-dealkylation sites (tertiary alicyclic amines) is 1. The standard InChI is InChI=1S/C21H31N3O4/c25-20(24-10-5-1-2-6-11-24)17-28-19-8-4-3-7-18(19)21(26)22-9-12-23-13-15-27-16-14-23/h3-4,7-8H,1-2,5-6,9-17H2,(H,22,26). The predicted molar refractivity (Wildman–Crippen MR) is 107 cm³/mol. The van der Waals surface area contributed by atoms with E-state index in [9.17, 15) is 9.59 Å². The molecule has 2 aliphatic heterocycles. The van der Waals surface area contributed by atoms with Crippen LogP contribution in [-0.2, 0) is 9.53 Å². The molecule has 0 unspecified atom stereocenters. The van der Waals surface area contributed by atoms with Crippen molar-refractivity contribution >= 4 is 11.8 Å². The molecule has 154 valence electrons. The summed E-state index contributed by atoms with van der Waals surface area (Å²) < 4.78 is 11.1. The SMILES string of the molecule is O=C(NCCN1CCOCC1)c1ccccc1OCC(=O)N1CCCCCC1. The number of rotatable bonds is 7. The van der Waals surface area contributed by atoms with E-state index in [0.717, 1.165) is 58.8 Å². The minimum absolute atomic E-state index is 0.00979. The van der Waals surface area contributed by atoms with E-state index in [0.29, 0.717) is 17.9 Å². The van der Waals surface area contributed by atoms with E-state index < -0.39 is 0 Å². The van der Waals surface area contributed by atoms with E-state index in [1.54, 1.807) is 18.2 Å². The highest BCUT2D eigenvalue weighted by Crippen LogP contribution is 2.18. The van der Waals surface area contributed by atoms with E-state index in [1.807, 2.05) is 11.0 Å². The lowest BCUT2D eigenvalue weighted by atomic mass is 10.2. The molecule has 0 radical (unpaired) electrons. The molecule has 2 heterocycles. The highest BCUT2D eigenvalue weighted by atomic mass is 16.5. The normalized spacial score (nSPS) is 18.4. The zero-order valence-corrected chi connectivity index (χ0v) is 16.5. The fourth-order valence-electron chi connectivity index (χ4n) is 3.58. The summed E-state index contributed by atoms with van der Waals surface area (Å²) >= 11 is 0. The summed E-state index contributed by atoms with van der Waals surface area (Å²) in [5, 5.41) is 2.95. The molecular formula is C21H31N3O4. The Morgan fingerprint density at radius 1 is 1.00 bits per heavy atom. The van der Waals surface area contributed by atoms with Crippen molar-refractivity contribution in [2.24, 2.45) is 0 Å². The van der Waals surface area contributed by atoms with Crippen LogP contribution in [-0.4, -0.2) is 80.7 Å². The molecule has 0 atom stereocenters. The van der Waals surface area contributed by atoms with Crippen LogP contribution in [0.5, 0.6) is 5.75 Å². The Morgan fingerprint density at radius 2 is 1.71 bits per heavy atom. The van der Waals surface area contributed by atoms with Crippen LogP contribution < -0.4 is 10.1 Å². The number of hydrogen-bond donors (Lipinski definition) is 1. The molecule has 2 fully saturated rings. The van der Waals surface area contributed by atoms with Crippen LogP contribution in [0.3, 0.4) is 0 Å². The van der Waals surface area contributed by atoms with Gasteiger partial charge in [-0.05, 0) is 25.0 Å². The summed E-state index contributed by atoms with van der Waals surface area (Å²) in [5.41, 5.74) is 0.466. The van der Waals surface area contributed by atoms with Crippen LogP contribution in [0.15, 0.2) is 24.3 Å². The zero-order valence-electron chi connectivity index (χ0n) is 16.5. The van der Waals surface area contributed by atoms with Gasteiger partial charge in [-0.3, -0.25) is 14.5 Å². The van der Waals surface area contributed by atoms with Gasteiger partial charge >= 0.3 is 0 Å². The lowest BCUT2D eigenvalue weighted by Crippen LogP contribution is -2.41. The topological polar surface area (TPSA) is 71.1 Å². The van der Waals surface area contributed by atoms with Crippen LogP contribution in [0.1, 0.15) is 36.0 Å². The average Bonchev–Trinajstić information content (AvgIpc) is 3.02. The molecule has 2 amide bonds. The summed E-state index contributed by atoms with van der Waals surface area (Å²) in [4.78, 5) is 29.1. The number of carbonyl (C=O) groups excluding carboxylic acids is 2. The number of morpholine rings is 1. The minimum atomic E-state index is -0.175. The van der Waals surface area contributed by atoms with Gasteiger partial charge in [-0.1, -0.05) is 25.0 Å². The second kappa shape index (κ2) is 11.0. The number of ether oxygens (including phenoxy) is 2. The second-order valence-electron chi connectivity index (χ2n) is 7.29. The summed E-state index contributed by atoms with van der Waals surface area (Å²) in [7, 11) is 0. The molecule has 2 saturated heterocycles. The average molecular weight is 389 g/mol. The molecule has 1 aromatic carbocycles. The third-order valence-electron chi connectivity index (χ3n) is 5.26. The number of benzene rings is 1. The molecule has 0 aromatic heterocycles. The van der Waals surface area contributed by atoms with Crippen LogP contribution in [0.25, 0.3) is 0 Å². The van der Waals surface area contributed by atoms with Gasteiger partial charge in [0.05, 0.1) is 18.8 Å². The molecule has 3 rings (SSSR count). The van der Waals surface area contributed by atoms with Crippen molar-refractivity contribution in [3.05, 3.63) is 29.8 Å². The minimum Gasteiger partial charge on any atom is -0.483 e. The fraction of sp³-hybridized carbons (Fsp3) is 0.619. The maximum absolute atomic E-state index is 12.6. The first kappa shape index (κ1) is 20.6. The van der Waals surface area contributed by atoms with Crippen molar-refractivity contribution < 1.29 is 19.1 Å². The molecule has 0 bridgehead atoms. The fourth-order valence-corrected chi connectivity index (χ4v) is 3.58. The second-order valence-corrected chi connectivity index (χ2v) is 7.29. The molecular weight excluding hydrogens is 358 g/mol. The van der Waals surface area contributed by atoms with E-state index in [2.05, 4.69) is 10.2 Å². The zero-order chi connectivity index (χ0) is 19.6. The van der Waals surface area contributed by atoms with Crippen molar-refractivity contribution in [2.45, 2.75) is 25.7 Å². The van der Waals surface area contributed by atoms with Crippen molar-refractivity contribution in [2.75, 3.05) is 59.1 Å². The molecule has 1 N–H and O–H groups in total. The van der Waals surface area contributed by atoms with E-state index >= 15 is 0 Å². The van der Waals surface area contributed by atoms with E-state index in [-0.39, 0.29) is 18.4 Å². The molecule has 0 saturated carbocycles. The van der Waals surface area contributed by atoms with Crippen molar-refractivity contribution in [1.82, 2.24) is 15.1 Å². The highest BCUT2D eigenvalue weighted by Gasteiger charge is 2.18. The van der Waals surface area contributed by atoms with E-state index in [4.69, 9.17) is 9.47 Å². The van der Waals surface area contributed by atoms with Crippen molar-refractivity contribution in [3.63, 3.8) is 0 Å². The number of hydrogen-bond acceptors (Lipinski definition) is 5. The van der Waals surface area contributed by atoms with Crippen molar-refractivity contribution in [1.29, 1.82) is 0 Å². The van der Waals surface area contributed by atoms with Crippen LogP contribution in [0.2, 0.25) is 0 Å². The molecule has 0 aliphatic carbocycles. The Morgan fingerprint density at radius 3 is 2.46 bits per heavy atom. The first-order valence-electron chi connectivity index (χ1n) is 10.3. The molecule has 0 spiro atoms. The third-order valence-corrected chi connectivity index (χ3v) is 5.26. The molecule has 2 aliphatic rings. The Kier molecular flexibility index (Phi) is 8.11. The van der Waals surface area contributed by atoms with Gasteiger partial charge in [-0.15, -0.1) is 0 Å². The van der Waals surface area contributed by atoms with Crippen LogP contribution >= 0.6 is 0 Å². The lowest BCUT2D eigenvalue weighted by Gasteiger charge is -2.26. The number of nitrogens with one attached hydrogen (secondary N) is 1. The summed E-state index contributed by atoms with van der Waals surface area (Å²) in [6, 6.07) is 7.10. The Bertz CT molecular complexity index is 638. The van der Waals surface area contributed by atoms with Crippen LogP contribution in [0, 0.1) is 0 Å². The maximum Gasteiger partial charge on any atom is 0.260 e. The number of carbonyl (C=O) groups is 2. The van der Waals surface area contributed by atoms with Gasteiger partial charge in [0.1, 0.15) is 5.75 Å². The molecule has 28 heavy (non-hydrogen) atoms. The first-order valence-corrected chi connectivity index (χ1v) is 10.3. The van der Waals surface area contributed by atoms with Gasteiger partial charge in [0.2, 0.25) is 0 Å². The van der Waals surface area contributed by atoms with Gasteiger partial charge in [0.25, 0.3) is 11.8 Å². The third kappa shape index (κ3) is 6.21. The highest BCUT2D eigenvalue weighted by molar-refractivity contribution is 5.97. The number of nitrogens with zero attached hydrogens (tertiary/aromatic N) is 2. The van der Waals surface area contributed by atoms with Gasteiger partial charge < -0.3 is 19.7 Å². The van der Waals surface area contributed by atoms with Gasteiger partial charge in [0.15, 0.2) is 6.61 Å². The summed E-state index contributed by atoms with van der Waals surface area (Å²) in [6.45, 7) is 6.22. The summed E-state index contributed by atoms with van der Waals surface area (Å²) in [5.74, 6) is 0.269. The first-order chi connectivity index (χ1) is 13.7. The molecule has 7 heteroatoms. The largest absolute Gasteiger partial charge is 0.483 e. The monoisotopic (exact) mass is 389 g/mol. The van der Waals surface area contributed by atoms with Gasteiger partial charge in [-0.2, -0.15) is 0 Å². The molecule has 7 nitrogen and oxygen atoms in total. The number of para-hydroxylation sites is 1. The molecule has 1 aromatic rings. The maximum atomic E-state index is 12.6. The van der Waals surface area contributed by atoms with E-state index in [1.165, 1.54) is 12.8 Å². The summed E-state index contributed by atoms with van der Waals surface area (Å²) in [6.07, 6.45) is 4.46. The number of amides is 2. The Labute approximate surface area is 167 Å². The smallest absolute Gasteiger partial charge is 0.260 e. The van der Waals surface area contributed by atoms with Crippen LogP contribution in [0.4, 0.5) is 0 Å². The Hall–Kier alpha value is -2.12. The van der Waals surface area contributed by atoms with Gasteiger partial charge in [-0.25, -0.2) is 0 Å². The predicted octanol–water partition coefficient (Wildman–Crippen LogP) is 1.53.